The van der Waals surface area contributed by atoms with E-state index < -0.39 is 12.6 Å². The molecule has 0 spiro atoms. The van der Waals surface area contributed by atoms with Crippen LogP contribution in [0.25, 0.3) is 33.5 Å². The highest BCUT2D eigenvalue weighted by molar-refractivity contribution is 5.85. The van der Waals surface area contributed by atoms with Crippen molar-refractivity contribution in [3.8, 4) is 34.3 Å². The maximum Gasteiger partial charge on any atom is 0.264 e. The van der Waals surface area contributed by atoms with Crippen LogP contribution in [-0.2, 0) is 22.4 Å². The summed E-state index contributed by atoms with van der Waals surface area (Å²) in [4.78, 5) is 5.02. The number of aromatic amines is 1. The van der Waals surface area contributed by atoms with Crippen molar-refractivity contribution in [3.05, 3.63) is 59.9 Å². The van der Waals surface area contributed by atoms with Crippen molar-refractivity contribution in [1.82, 2.24) is 40.4 Å². The van der Waals surface area contributed by atoms with Gasteiger partial charge >= 0.3 is 0 Å². The average molecular weight is 573 g/mol. The molecule has 0 saturated heterocycles. The van der Waals surface area contributed by atoms with Gasteiger partial charge in [-0.05, 0) is 46.4 Å². The van der Waals surface area contributed by atoms with Crippen LogP contribution in [0.4, 0.5) is 0 Å². The van der Waals surface area contributed by atoms with Crippen molar-refractivity contribution >= 4 is 11.0 Å². The number of benzene rings is 2. The SMILES string of the molecule is COC(C)Oc1nnc(OC(C)OC)c2c1nc(CC(C)(C)C)n2Cc1ccc(-c2ccccc2-c2nnn[nH]2)cc1. The lowest BCUT2D eigenvalue weighted by Crippen LogP contribution is -2.18. The quantitative estimate of drug-likeness (QED) is 0.214. The number of rotatable bonds is 11. The van der Waals surface area contributed by atoms with E-state index in [1.165, 1.54) is 0 Å². The number of methoxy groups -OCH3 is 2. The zero-order valence-electron chi connectivity index (χ0n) is 25.0. The van der Waals surface area contributed by atoms with Crippen LogP contribution >= 0.6 is 0 Å². The smallest absolute Gasteiger partial charge is 0.264 e. The molecule has 0 aliphatic heterocycles. The zero-order chi connectivity index (χ0) is 29.9. The van der Waals surface area contributed by atoms with E-state index in [0.29, 0.717) is 35.7 Å². The van der Waals surface area contributed by atoms with E-state index in [9.17, 15) is 0 Å². The van der Waals surface area contributed by atoms with E-state index in [1.54, 1.807) is 28.1 Å². The Morgan fingerprint density at radius 1 is 0.833 bits per heavy atom. The first-order valence-corrected chi connectivity index (χ1v) is 13.7. The molecule has 3 aromatic heterocycles. The maximum absolute atomic E-state index is 6.05. The fourth-order valence-corrected chi connectivity index (χ4v) is 4.59. The van der Waals surface area contributed by atoms with Crippen LogP contribution in [0.3, 0.4) is 0 Å². The topological polar surface area (TPSA) is 135 Å². The molecule has 0 aliphatic rings. The Hall–Kier alpha value is -4.42. The second kappa shape index (κ2) is 12.2. The first kappa shape index (κ1) is 29.1. The predicted octanol–water partition coefficient (Wildman–Crippen LogP) is 5.05. The summed E-state index contributed by atoms with van der Waals surface area (Å²) in [5.74, 6) is 2.07. The fourth-order valence-electron chi connectivity index (χ4n) is 4.59. The molecule has 220 valence electrons. The normalized spacial score (nSPS) is 13.3. The lowest BCUT2D eigenvalue weighted by atomic mass is 9.92. The number of ether oxygens (including phenoxy) is 4. The van der Waals surface area contributed by atoms with Gasteiger partial charge in [0.15, 0.2) is 23.9 Å². The van der Waals surface area contributed by atoms with Gasteiger partial charge in [-0.1, -0.05) is 69.3 Å². The van der Waals surface area contributed by atoms with Gasteiger partial charge in [0.25, 0.3) is 11.8 Å². The Morgan fingerprint density at radius 2 is 1.48 bits per heavy atom. The van der Waals surface area contributed by atoms with Crippen LogP contribution in [0.15, 0.2) is 48.5 Å². The lowest BCUT2D eigenvalue weighted by Gasteiger charge is -2.20. The first-order chi connectivity index (χ1) is 20.2. The van der Waals surface area contributed by atoms with Crippen LogP contribution in [0.5, 0.6) is 11.8 Å². The van der Waals surface area contributed by atoms with Gasteiger partial charge in [0.1, 0.15) is 11.3 Å². The van der Waals surface area contributed by atoms with Gasteiger partial charge in [-0.3, -0.25) is 0 Å². The highest BCUT2D eigenvalue weighted by atomic mass is 16.7. The molecule has 2 atom stereocenters. The van der Waals surface area contributed by atoms with Crippen molar-refractivity contribution in [2.75, 3.05) is 14.2 Å². The van der Waals surface area contributed by atoms with Gasteiger partial charge in [0.2, 0.25) is 0 Å². The minimum absolute atomic E-state index is 0.0369. The van der Waals surface area contributed by atoms with E-state index in [1.807, 2.05) is 18.2 Å². The molecule has 0 radical (unpaired) electrons. The second-order valence-corrected chi connectivity index (χ2v) is 11.2. The highest BCUT2D eigenvalue weighted by Crippen LogP contribution is 2.35. The Kier molecular flexibility index (Phi) is 8.46. The number of aromatic nitrogens is 8. The summed E-state index contributed by atoms with van der Waals surface area (Å²) in [5.41, 5.74) is 5.26. The van der Waals surface area contributed by atoms with Crippen LogP contribution in [0, 0.1) is 5.41 Å². The lowest BCUT2D eigenvalue weighted by molar-refractivity contribution is -0.0445. The molecule has 5 rings (SSSR count). The van der Waals surface area contributed by atoms with E-state index >= 15 is 0 Å². The average Bonchev–Trinajstić information content (AvgIpc) is 3.63. The minimum Gasteiger partial charge on any atom is -0.445 e. The van der Waals surface area contributed by atoms with Crippen molar-refractivity contribution in [2.24, 2.45) is 5.41 Å². The Balaban J connectivity index is 1.58. The van der Waals surface area contributed by atoms with E-state index in [4.69, 9.17) is 23.9 Å². The Labute approximate surface area is 244 Å². The van der Waals surface area contributed by atoms with Crippen molar-refractivity contribution in [1.29, 1.82) is 0 Å². The number of fused-ring (bicyclic) bond motifs is 1. The molecule has 12 heteroatoms. The summed E-state index contributed by atoms with van der Waals surface area (Å²) >= 11 is 0. The third kappa shape index (κ3) is 6.39. The number of H-pyrrole nitrogens is 1. The third-order valence-electron chi connectivity index (χ3n) is 6.72. The van der Waals surface area contributed by atoms with Crippen molar-refractivity contribution in [3.63, 3.8) is 0 Å². The molecule has 0 amide bonds. The van der Waals surface area contributed by atoms with Gasteiger partial charge in [-0.25, -0.2) is 10.1 Å². The summed E-state index contributed by atoms with van der Waals surface area (Å²) in [6.45, 7) is 10.6. The summed E-state index contributed by atoms with van der Waals surface area (Å²) in [7, 11) is 3.15. The molecule has 0 fully saturated rings. The molecule has 12 nitrogen and oxygen atoms in total. The standard InChI is InChI=1S/C30H36N8O4/c1-18(39-6)41-28-25-26(29(35-34-28)42-19(2)40-7)38(24(31-25)16-30(3,4)5)17-20-12-14-21(15-13-20)22-10-8-9-11-23(22)27-32-36-37-33-27/h8-15,18-19H,16-17H2,1-7H3,(H,32,33,36,37). The molecule has 2 unspecified atom stereocenters. The largest absolute Gasteiger partial charge is 0.445 e. The number of hydrogen-bond donors (Lipinski definition) is 1. The summed E-state index contributed by atoms with van der Waals surface area (Å²) in [5, 5.41) is 23.1. The molecule has 5 aromatic rings. The van der Waals surface area contributed by atoms with Gasteiger partial charge in [0, 0.05) is 32.7 Å². The third-order valence-corrected chi connectivity index (χ3v) is 6.72. The van der Waals surface area contributed by atoms with E-state index in [-0.39, 0.29) is 11.3 Å². The van der Waals surface area contributed by atoms with Crippen LogP contribution in [-0.4, -0.2) is 67.2 Å². The molecule has 0 aliphatic carbocycles. The molecule has 1 N–H and O–H groups in total. The molecule has 2 aromatic carbocycles. The molecular formula is C30H36N8O4. The molecule has 42 heavy (non-hydrogen) atoms. The van der Waals surface area contributed by atoms with Gasteiger partial charge in [-0.2, -0.15) is 0 Å². The fraction of sp³-hybridized carbons (Fsp3) is 0.400. The van der Waals surface area contributed by atoms with E-state index in [2.05, 4.69) is 86.5 Å². The number of hydrogen-bond acceptors (Lipinski definition) is 10. The Morgan fingerprint density at radius 3 is 2.10 bits per heavy atom. The molecule has 0 saturated carbocycles. The highest BCUT2D eigenvalue weighted by Gasteiger charge is 2.26. The second-order valence-electron chi connectivity index (χ2n) is 11.2. The summed E-state index contributed by atoms with van der Waals surface area (Å²) in [6.07, 6.45) is -0.372. The maximum atomic E-state index is 6.05. The van der Waals surface area contributed by atoms with Crippen LogP contribution in [0.2, 0.25) is 0 Å². The number of tetrazole rings is 1. The summed E-state index contributed by atoms with van der Waals surface area (Å²) < 4.78 is 24.8. The molecule has 3 heterocycles. The van der Waals surface area contributed by atoms with Crippen LogP contribution in [0.1, 0.15) is 46.0 Å². The number of nitrogens with one attached hydrogen (secondary N) is 1. The van der Waals surface area contributed by atoms with Crippen LogP contribution < -0.4 is 9.47 Å². The monoisotopic (exact) mass is 572 g/mol. The summed E-state index contributed by atoms with van der Waals surface area (Å²) in [6, 6.07) is 16.4. The van der Waals surface area contributed by atoms with E-state index in [0.717, 1.165) is 28.1 Å². The molecular weight excluding hydrogens is 536 g/mol. The van der Waals surface area contributed by atoms with Crippen molar-refractivity contribution in [2.45, 2.75) is 60.2 Å². The molecule has 0 bridgehead atoms. The predicted molar refractivity (Wildman–Crippen MR) is 157 cm³/mol. The Bertz CT molecular complexity index is 1630. The minimum atomic E-state index is -0.541. The number of imidazole rings is 1. The van der Waals surface area contributed by atoms with Crippen molar-refractivity contribution < 1.29 is 18.9 Å². The van der Waals surface area contributed by atoms with Gasteiger partial charge in [0.05, 0.1) is 0 Å². The van der Waals surface area contributed by atoms with Gasteiger partial charge in [-0.15, -0.1) is 15.3 Å². The zero-order valence-corrected chi connectivity index (χ0v) is 25.0. The number of nitrogens with zero attached hydrogens (tertiary/aromatic N) is 7. The van der Waals surface area contributed by atoms with Gasteiger partial charge < -0.3 is 23.5 Å². The first-order valence-electron chi connectivity index (χ1n) is 13.7.